The average Bonchev–Trinajstić information content (AvgIpc) is 2.71. The first-order valence-electron chi connectivity index (χ1n) is 6.46. The van der Waals surface area contributed by atoms with E-state index >= 15 is 0 Å². The van der Waals surface area contributed by atoms with Gasteiger partial charge in [-0.3, -0.25) is 4.79 Å². The Morgan fingerprint density at radius 1 is 1.29 bits per heavy atom. The monoisotopic (exact) mass is 312 g/mol. The Balaban J connectivity index is 2.61. The van der Waals surface area contributed by atoms with Crippen molar-refractivity contribution in [2.24, 2.45) is 11.8 Å². The molecule has 1 aliphatic rings. The van der Waals surface area contributed by atoms with E-state index in [4.69, 9.17) is 5.11 Å². The van der Waals surface area contributed by atoms with Crippen LogP contribution in [0.15, 0.2) is 0 Å². The van der Waals surface area contributed by atoms with Crippen molar-refractivity contribution in [2.75, 3.05) is 19.6 Å². The number of urea groups is 1. The van der Waals surface area contributed by atoms with Gasteiger partial charge >= 0.3 is 18.2 Å². The molecule has 21 heavy (non-hydrogen) atoms. The molecule has 2 amide bonds. The maximum absolute atomic E-state index is 12.8. The number of aliphatic hydroxyl groups is 1. The molecule has 0 aromatic heterocycles. The fourth-order valence-electron chi connectivity index (χ4n) is 2.14. The van der Waals surface area contributed by atoms with E-state index in [2.05, 4.69) is 5.32 Å². The standard InChI is InChI=1S/C12H19F3N2O4/c1-11(2,21)3-4-16-10(20)17-5-7(9(18)19)8(6-17)12(13,14)15/h7-8,21H,3-6H2,1-2H3,(H,16,20)(H,18,19)/t7-,8-/m1/s1. The fourth-order valence-corrected chi connectivity index (χ4v) is 2.14. The molecule has 0 radical (unpaired) electrons. The Labute approximate surface area is 119 Å². The Hall–Kier alpha value is -1.51. The summed E-state index contributed by atoms with van der Waals surface area (Å²) in [5.41, 5.74) is -1.00. The van der Waals surface area contributed by atoms with Crippen LogP contribution in [0.4, 0.5) is 18.0 Å². The first-order valence-corrected chi connectivity index (χ1v) is 6.46. The fraction of sp³-hybridized carbons (Fsp3) is 0.833. The molecule has 1 saturated heterocycles. The Bertz CT molecular complexity index is 406. The lowest BCUT2D eigenvalue weighted by atomic mass is 9.96. The molecule has 1 fully saturated rings. The summed E-state index contributed by atoms with van der Waals surface area (Å²) < 4.78 is 38.3. The predicted octanol–water partition coefficient (Wildman–Crippen LogP) is 1.05. The van der Waals surface area contributed by atoms with Gasteiger partial charge in [0.2, 0.25) is 0 Å². The number of hydrogen-bond donors (Lipinski definition) is 3. The van der Waals surface area contributed by atoms with Crippen LogP contribution >= 0.6 is 0 Å². The molecule has 3 N–H and O–H groups in total. The van der Waals surface area contributed by atoms with Crippen molar-refractivity contribution >= 4 is 12.0 Å². The van der Waals surface area contributed by atoms with E-state index in [0.29, 0.717) is 0 Å². The van der Waals surface area contributed by atoms with Gasteiger partial charge in [0.25, 0.3) is 0 Å². The molecule has 122 valence electrons. The van der Waals surface area contributed by atoms with E-state index in [1.165, 1.54) is 13.8 Å². The van der Waals surface area contributed by atoms with E-state index in [9.17, 15) is 27.9 Å². The number of alkyl halides is 3. The van der Waals surface area contributed by atoms with E-state index in [-0.39, 0.29) is 13.0 Å². The number of likely N-dealkylation sites (tertiary alicyclic amines) is 1. The normalized spacial score (nSPS) is 23.2. The number of carboxylic acids is 1. The molecule has 9 heteroatoms. The first-order chi connectivity index (χ1) is 9.42. The molecular weight excluding hydrogens is 293 g/mol. The highest BCUT2D eigenvalue weighted by Crippen LogP contribution is 2.37. The number of nitrogens with zero attached hydrogens (tertiary/aromatic N) is 1. The molecular formula is C12H19F3N2O4. The quantitative estimate of drug-likeness (QED) is 0.724. The van der Waals surface area contributed by atoms with Crippen molar-refractivity contribution in [1.29, 1.82) is 0 Å². The van der Waals surface area contributed by atoms with Crippen LogP contribution in [0.1, 0.15) is 20.3 Å². The van der Waals surface area contributed by atoms with Crippen molar-refractivity contribution in [3.63, 3.8) is 0 Å². The van der Waals surface area contributed by atoms with Crippen LogP contribution in [0.5, 0.6) is 0 Å². The summed E-state index contributed by atoms with van der Waals surface area (Å²) in [6.07, 6.45) is -4.43. The molecule has 0 aliphatic carbocycles. The maximum atomic E-state index is 12.8. The maximum Gasteiger partial charge on any atom is 0.394 e. The number of aliphatic carboxylic acids is 1. The molecule has 2 atom stereocenters. The zero-order valence-corrected chi connectivity index (χ0v) is 11.8. The van der Waals surface area contributed by atoms with Crippen LogP contribution < -0.4 is 5.32 Å². The van der Waals surface area contributed by atoms with Crippen LogP contribution in [-0.4, -0.2) is 58.5 Å². The smallest absolute Gasteiger partial charge is 0.394 e. The number of carbonyl (C=O) groups excluding carboxylic acids is 1. The van der Waals surface area contributed by atoms with Gasteiger partial charge < -0.3 is 20.4 Å². The van der Waals surface area contributed by atoms with Gasteiger partial charge in [0.15, 0.2) is 0 Å². The number of carboxylic acid groups (broad SMARTS) is 1. The first kappa shape index (κ1) is 17.5. The SMILES string of the molecule is CC(C)(O)CCNC(=O)N1C[C@@H](C(F)(F)F)[C@H](C(=O)O)C1. The lowest BCUT2D eigenvalue weighted by Crippen LogP contribution is -2.41. The van der Waals surface area contributed by atoms with Crippen molar-refractivity contribution in [2.45, 2.75) is 32.0 Å². The van der Waals surface area contributed by atoms with E-state index in [1.807, 2.05) is 0 Å². The molecule has 1 heterocycles. The van der Waals surface area contributed by atoms with Gasteiger partial charge in [-0.2, -0.15) is 13.2 Å². The largest absolute Gasteiger partial charge is 0.481 e. The molecule has 0 aromatic rings. The summed E-state index contributed by atoms with van der Waals surface area (Å²) in [5, 5.41) is 20.7. The summed E-state index contributed by atoms with van der Waals surface area (Å²) in [6, 6.07) is -0.753. The minimum Gasteiger partial charge on any atom is -0.481 e. The zero-order chi connectivity index (χ0) is 16.4. The van der Waals surface area contributed by atoms with Gasteiger partial charge in [0, 0.05) is 19.6 Å². The Kier molecular flexibility index (Phi) is 5.08. The molecule has 6 nitrogen and oxygen atoms in total. The Morgan fingerprint density at radius 3 is 2.24 bits per heavy atom. The van der Waals surface area contributed by atoms with E-state index in [1.54, 1.807) is 0 Å². The number of rotatable bonds is 4. The highest BCUT2D eigenvalue weighted by molar-refractivity contribution is 5.77. The van der Waals surface area contributed by atoms with Crippen LogP contribution in [0.2, 0.25) is 0 Å². The number of amides is 2. The molecule has 1 rings (SSSR count). The third kappa shape index (κ3) is 5.07. The summed E-state index contributed by atoms with van der Waals surface area (Å²) in [6.45, 7) is 2.01. The minimum atomic E-state index is -4.66. The number of hydrogen-bond acceptors (Lipinski definition) is 3. The van der Waals surface area contributed by atoms with Gasteiger partial charge in [-0.05, 0) is 20.3 Å². The highest BCUT2D eigenvalue weighted by atomic mass is 19.4. The number of carbonyl (C=O) groups is 2. The molecule has 0 unspecified atom stereocenters. The Morgan fingerprint density at radius 2 is 1.86 bits per heavy atom. The lowest BCUT2D eigenvalue weighted by molar-refractivity contribution is -0.187. The second-order valence-corrected chi connectivity index (χ2v) is 5.79. The number of nitrogens with one attached hydrogen (secondary N) is 1. The second-order valence-electron chi connectivity index (χ2n) is 5.79. The molecule has 0 bridgehead atoms. The van der Waals surface area contributed by atoms with Gasteiger partial charge in [-0.1, -0.05) is 0 Å². The van der Waals surface area contributed by atoms with Gasteiger partial charge in [0.1, 0.15) is 0 Å². The van der Waals surface area contributed by atoms with Crippen LogP contribution in [-0.2, 0) is 4.79 Å². The minimum absolute atomic E-state index is 0.0905. The molecule has 1 aliphatic heterocycles. The summed E-state index contributed by atoms with van der Waals surface area (Å²) in [4.78, 5) is 23.5. The molecule has 0 spiro atoms. The zero-order valence-electron chi connectivity index (χ0n) is 11.8. The summed E-state index contributed by atoms with van der Waals surface area (Å²) >= 11 is 0. The molecule has 0 aromatic carbocycles. The third-order valence-corrected chi connectivity index (χ3v) is 3.36. The lowest BCUT2D eigenvalue weighted by Gasteiger charge is -2.20. The second kappa shape index (κ2) is 6.08. The summed E-state index contributed by atoms with van der Waals surface area (Å²) in [7, 11) is 0. The molecule has 0 saturated carbocycles. The van der Waals surface area contributed by atoms with Gasteiger partial charge in [-0.25, -0.2) is 4.79 Å². The van der Waals surface area contributed by atoms with Gasteiger partial charge in [0.05, 0.1) is 17.4 Å². The van der Waals surface area contributed by atoms with Crippen LogP contribution in [0, 0.1) is 11.8 Å². The van der Waals surface area contributed by atoms with Crippen molar-refractivity contribution < 1.29 is 33.0 Å². The highest BCUT2D eigenvalue weighted by Gasteiger charge is 2.53. The van der Waals surface area contributed by atoms with E-state index < -0.39 is 48.7 Å². The predicted molar refractivity (Wildman–Crippen MR) is 66.6 cm³/mol. The van der Waals surface area contributed by atoms with Crippen LogP contribution in [0.3, 0.4) is 0 Å². The average molecular weight is 312 g/mol. The van der Waals surface area contributed by atoms with Crippen LogP contribution in [0.25, 0.3) is 0 Å². The summed E-state index contributed by atoms with van der Waals surface area (Å²) in [5.74, 6) is -5.27. The third-order valence-electron chi connectivity index (χ3n) is 3.36. The van der Waals surface area contributed by atoms with Crippen molar-refractivity contribution in [3.05, 3.63) is 0 Å². The van der Waals surface area contributed by atoms with Crippen molar-refractivity contribution in [1.82, 2.24) is 10.2 Å². The van der Waals surface area contributed by atoms with Crippen molar-refractivity contribution in [3.8, 4) is 0 Å². The number of halogens is 3. The topological polar surface area (TPSA) is 89.9 Å². The van der Waals surface area contributed by atoms with Gasteiger partial charge in [-0.15, -0.1) is 0 Å². The van der Waals surface area contributed by atoms with E-state index in [0.717, 1.165) is 4.90 Å².